The summed E-state index contributed by atoms with van der Waals surface area (Å²) in [7, 11) is 0. The maximum absolute atomic E-state index is 12.1. The summed E-state index contributed by atoms with van der Waals surface area (Å²) >= 11 is 4.74. The van der Waals surface area contributed by atoms with Gasteiger partial charge in [0.15, 0.2) is 0 Å². The quantitative estimate of drug-likeness (QED) is 0.415. The molecule has 0 saturated carbocycles. The molecule has 0 amide bonds. The second-order valence-corrected chi connectivity index (χ2v) is 3.69. The van der Waals surface area contributed by atoms with E-state index in [1.807, 2.05) is 0 Å². The van der Waals surface area contributed by atoms with E-state index in [1.165, 1.54) is 12.8 Å². The molecule has 0 heterocycles. The van der Waals surface area contributed by atoms with E-state index in [2.05, 4.69) is 6.92 Å². The predicted molar refractivity (Wildman–Crippen MR) is 48.8 cm³/mol. The summed E-state index contributed by atoms with van der Waals surface area (Å²) in [6, 6.07) is 0. The predicted octanol–water partition coefficient (Wildman–Crippen LogP) is 4.57. The van der Waals surface area contributed by atoms with Gasteiger partial charge in [0.05, 0.1) is 0 Å². The zero-order valence-electron chi connectivity index (χ0n) is 7.58. The third kappa shape index (κ3) is 10.2. The first-order valence-electron chi connectivity index (χ1n) is 4.63. The zero-order valence-corrected chi connectivity index (χ0v) is 8.34. The molecule has 0 rings (SSSR count). The molecule has 0 aliphatic heterocycles. The minimum Gasteiger partial charge on any atom is -0.188 e. The molecule has 0 spiro atoms. The van der Waals surface area contributed by atoms with Crippen molar-refractivity contribution < 1.29 is 8.78 Å². The van der Waals surface area contributed by atoms with Crippen molar-refractivity contribution >= 4 is 11.6 Å². The van der Waals surface area contributed by atoms with E-state index in [-0.39, 0.29) is 6.42 Å². The first-order valence-corrected chi connectivity index (χ1v) is 5.01. The minimum absolute atomic E-state index is 0.180. The SMILES string of the molecule is CCCCCCCCC(F)(F)Cl. The third-order valence-electron chi connectivity index (χ3n) is 1.81. The topological polar surface area (TPSA) is 0 Å². The lowest BCUT2D eigenvalue weighted by atomic mass is 10.1. The normalized spacial score (nSPS) is 12.0. The second kappa shape index (κ2) is 6.64. The average molecular weight is 199 g/mol. The lowest BCUT2D eigenvalue weighted by Gasteiger charge is -2.06. The standard InChI is InChI=1S/C9H17ClF2/c1-2-3-4-5-6-7-8-9(10,11)12/h2-8H2,1H3. The molecule has 3 heteroatoms. The van der Waals surface area contributed by atoms with E-state index in [4.69, 9.17) is 11.6 Å². The Kier molecular flexibility index (Phi) is 6.73. The Morgan fingerprint density at radius 3 is 2.00 bits per heavy atom. The Balaban J connectivity index is 3.01. The molecule has 0 aliphatic carbocycles. The molecule has 0 aliphatic rings. The Morgan fingerprint density at radius 1 is 1.00 bits per heavy atom. The molecule has 12 heavy (non-hydrogen) atoms. The Labute approximate surface area is 78.3 Å². The van der Waals surface area contributed by atoms with Crippen LogP contribution in [-0.4, -0.2) is 5.38 Å². The smallest absolute Gasteiger partial charge is 0.188 e. The Hall–Kier alpha value is 0.150. The van der Waals surface area contributed by atoms with E-state index < -0.39 is 5.38 Å². The molecular formula is C9H17ClF2. The van der Waals surface area contributed by atoms with Gasteiger partial charge in [-0.05, 0) is 18.0 Å². The fraction of sp³-hybridized carbons (Fsp3) is 1.00. The lowest BCUT2D eigenvalue weighted by molar-refractivity contribution is 0.0828. The summed E-state index contributed by atoms with van der Waals surface area (Å²) in [6.07, 6.45) is 5.84. The molecule has 0 aromatic heterocycles. The van der Waals surface area contributed by atoms with Crippen molar-refractivity contribution in [2.24, 2.45) is 0 Å². The van der Waals surface area contributed by atoms with Gasteiger partial charge in [-0.1, -0.05) is 39.0 Å². The first-order chi connectivity index (χ1) is 5.56. The van der Waals surface area contributed by atoms with Crippen molar-refractivity contribution in [1.82, 2.24) is 0 Å². The fourth-order valence-corrected chi connectivity index (χ4v) is 1.24. The van der Waals surface area contributed by atoms with Gasteiger partial charge < -0.3 is 0 Å². The van der Waals surface area contributed by atoms with Crippen molar-refractivity contribution in [3.63, 3.8) is 0 Å². The van der Waals surface area contributed by atoms with Crippen molar-refractivity contribution in [3.05, 3.63) is 0 Å². The number of rotatable bonds is 7. The summed E-state index contributed by atoms with van der Waals surface area (Å²) in [5, 5.41) is -2.98. The lowest BCUT2D eigenvalue weighted by Crippen LogP contribution is -2.04. The van der Waals surface area contributed by atoms with Gasteiger partial charge in [0, 0.05) is 6.42 Å². The maximum Gasteiger partial charge on any atom is 0.321 e. The van der Waals surface area contributed by atoms with Crippen LogP contribution in [0, 0.1) is 0 Å². The van der Waals surface area contributed by atoms with Crippen LogP contribution < -0.4 is 0 Å². The van der Waals surface area contributed by atoms with Gasteiger partial charge in [0.1, 0.15) is 0 Å². The van der Waals surface area contributed by atoms with E-state index >= 15 is 0 Å². The van der Waals surface area contributed by atoms with Crippen LogP contribution in [-0.2, 0) is 0 Å². The number of hydrogen-bond donors (Lipinski definition) is 0. The number of unbranched alkanes of at least 4 members (excludes halogenated alkanes) is 5. The largest absolute Gasteiger partial charge is 0.321 e. The highest BCUT2D eigenvalue weighted by molar-refractivity contribution is 6.21. The molecule has 0 atom stereocenters. The van der Waals surface area contributed by atoms with Crippen LogP contribution in [0.15, 0.2) is 0 Å². The molecule has 0 nitrogen and oxygen atoms in total. The van der Waals surface area contributed by atoms with E-state index in [0.29, 0.717) is 6.42 Å². The van der Waals surface area contributed by atoms with Crippen molar-refractivity contribution in [2.75, 3.05) is 0 Å². The van der Waals surface area contributed by atoms with Gasteiger partial charge in [-0.25, -0.2) is 0 Å². The zero-order chi connectivity index (χ0) is 9.45. The molecule has 0 saturated heterocycles. The van der Waals surface area contributed by atoms with Crippen LogP contribution in [0.1, 0.15) is 51.9 Å². The summed E-state index contributed by atoms with van der Waals surface area (Å²) in [5.41, 5.74) is 0. The molecule has 0 radical (unpaired) electrons. The van der Waals surface area contributed by atoms with Gasteiger partial charge in [0.25, 0.3) is 0 Å². The van der Waals surface area contributed by atoms with Crippen LogP contribution in [0.2, 0.25) is 0 Å². The first kappa shape index (κ1) is 12.2. The molecule has 0 fully saturated rings. The summed E-state index contributed by atoms with van der Waals surface area (Å²) < 4.78 is 24.1. The highest BCUT2D eigenvalue weighted by atomic mass is 35.5. The molecule has 74 valence electrons. The van der Waals surface area contributed by atoms with E-state index in [9.17, 15) is 8.78 Å². The molecule has 0 aromatic carbocycles. The number of alkyl halides is 3. The van der Waals surface area contributed by atoms with E-state index in [0.717, 1.165) is 19.3 Å². The monoisotopic (exact) mass is 198 g/mol. The number of halogens is 3. The summed E-state index contributed by atoms with van der Waals surface area (Å²) in [6.45, 7) is 2.13. The van der Waals surface area contributed by atoms with Crippen LogP contribution in [0.4, 0.5) is 8.78 Å². The van der Waals surface area contributed by atoms with Gasteiger partial charge in [-0.15, -0.1) is 0 Å². The molecule has 0 unspecified atom stereocenters. The summed E-state index contributed by atoms with van der Waals surface area (Å²) in [4.78, 5) is 0. The van der Waals surface area contributed by atoms with Crippen molar-refractivity contribution in [1.29, 1.82) is 0 Å². The summed E-state index contributed by atoms with van der Waals surface area (Å²) in [5.74, 6) is 0. The van der Waals surface area contributed by atoms with Crippen LogP contribution in [0.25, 0.3) is 0 Å². The third-order valence-corrected chi connectivity index (χ3v) is 2.00. The van der Waals surface area contributed by atoms with Crippen LogP contribution >= 0.6 is 11.6 Å². The maximum atomic E-state index is 12.1. The molecular weight excluding hydrogens is 182 g/mol. The fourth-order valence-electron chi connectivity index (χ4n) is 1.11. The van der Waals surface area contributed by atoms with E-state index in [1.54, 1.807) is 0 Å². The average Bonchev–Trinajstić information content (AvgIpc) is 1.94. The highest BCUT2D eigenvalue weighted by Gasteiger charge is 2.22. The molecule has 0 N–H and O–H groups in total. The van der Waals surface area contributed by atoms with Gasteiger partial charge in [-0.3, -0.25) is 0 Å². The minimum atomic E-state index is -2.98. The van der Waals surface area contributed by atoms with Crippen molar-refractivity contribution in [3.8, 4) is 0 Å². The van der Waals surface area contributed by atoms with Gasteiger partial charge in [-0.2, -0.15) is 8.78 Å². The van der Waals surface area contributed by atoms with Crippen LogP contribution in [0.5, 0.6) is 0 Å². The highest BCUT2D eigenvalue weighted by Crippen LogP contribution is 2.26. The van der Waals surface area contributed by atoms with Crippen molar-refractivity contribution in [2.45, 2.75) is 57.3 Å². The second-order valence-electron chi connectivity index (χ2n) is 3.13. The van der Waals surface area contributed by atoms with Gasteiger partial charge in [0.2, 0.25) is 0 Å². The van der Waals surface area contributed by atoms with Crippen LogP contribution in [0.3, 0.4) is 0 Å². The molecule has 0 bridgehead atoms. The Morgan fingerprint density at radius 2 is 1.50 bits per heavy atom. The van der Waals surface area contributed by atoms with Gasteiger partial charge >= 0.3 is 5.38 Å². The Bertz CT molecular complexity index is 99.2. The number of hydrogen-bond acceptors (Lipinski definition) is 0. The molecule has 0 aromatic rings.